The molecule has 19 heteroatoms. The predicted molar refractivity (Wildman–Crippen MR) is 191 cm³/mol. The first-order chi connectivity index (χ1) is 25.2. The van der Waals surface area contributed by atoms with Crippen LogP contribution in [0, 0.1) is 0 Å². The molecule has 0 aromatic heterocycles. The summed E-state index contributed by atoms with van der Waals surface area (Å²) in [5, 5.41) is 20.3. The molecule has 2 amide bonds. The van der Waals surface area contributed by atoms with Crippen LogP contribution >= 0.6 is 0 Å². The summed E-state index contributed by atoms with van der Waals surface area (Å²) in [4.78, 5) is 52.4. The molecular formula is C34H50N2O14SSi2+2. The third-order valence-electron chi connectivity index (χ3n) is 9.31. The number of carbonyl (C=O) groups is 4. The van der Waals surface area contributed by atoms with Crippen LogP contribution in [0.2, 0.25) is 0 Å². The standard InChI is InChI=1S/C34H48N2O14SSi2/c1-7-45-52(46-8-2,47-9-3)29-17-19-35(29)31(37)25-15-13-23(21-27(25)33(39)40)51(43,44)24-14-16-26(28(22-24)34(41)42)32(38)36-20-18-30(36)53(48-10-4,49-11-5)50-12-6/h13-16,21-22,29-30H,7-12,17-20H2,1-6H3,(H,39,40)(H,41,42)/p+2. The maximum atomic E-state index is 13.9. The van der Waals surface area contributed by atoms with Crippen LogP contribution in [-0.4, -0.2) is 124 Å². The van der Waals surface area contributed by atoms with Gasteiger partial charge in [-0.2, -0.15) is 0 Å². The summed E-state index contributed by atoms with van der Waals surface area (Å²) in [6.07, 6.45) is 1.09. The molecule has 4 rings (SSSR count). The molecule has 2 aliphatic rings. The molecule has 0 aliphatic carbocycles. The van der Waals surface area contributed by atoms with E-state index in [9.17, 15) is 37.8 Å². The van der Waals surface area contributed by atoms with E-state index in [-0.39, 0.29) is 50.8 Å². The van der Waals surface area contributed by atoms with Crippen molar-refractivity contribution in [1.82, 2.24) is 0 Å². The number of nitrogens with one attached hydrogen (secondary N) is 2. The summed E-state index contributed by atoms with van der Waals surface area (Å²) in [7, 11) is -11.2. The molecule has 0 bridgehead atoms. The lowest BCUT2D eigenvalue weighted by Gasteiger charge is -2.43. The van der Waals surface area contributed by atoms with Gasteiger partial charge in [0.1, 0.15) is 0 Å². The molecule has 4 N–H and O–H groups in total. The lowest BCUT2D eigenvalue weighted by atomic mass is 10.0. The van der Waals surface area contributed by atoms with E-state index < -0.39 is 83.4 Å². The minimum Gasteiger partial charge on any atom is -0.478 e. The Hall–Kier alpha value is -3.22. The van der Waals surface area contributed by atoms with Gasteiger partial charge in [0.05, 0.1) is 58.0 Å². The Labute approximate surface area is 311 Å². The maximum Gasteiger partial charge on any atom is 0.563 e. The van der Waals surface area contributed by atoms with E-state index in [1.54, 1.807) is 41.5 Å². The molecule has 2 aliphatic heterocycles. The first-order valence-corrected chi connectivity index (χ1v) is 22.9. The Morgan fingerprint density at radius 1 is 0.585 bits per heavy atom. The number of quaternary nitrogens is 2. The summed E-state index contributed by atoms with van der Waals surface area (Å²) in [5.74, 6) is -4.22. The van der Waals surface area contributed by atoms with Crippen LogP contribution in [0.3, 0.4) is 0 Å². The highest BCUT2D eigenvalue weighted by molar-refractivity contribution is 7.91. The lowest BCUT2D eigenvalue weighted by molar-refractivity contribution is -0.877. The van der Waals surface area contributed by atoms with E-state index >= 15 is 0 Å². The monoisotopic (exact) mass is 798 g/mol. The second-order valence-corrected chi connectivity index (χ2v) is 19.7. The number of carboxylic acid groups (broad SMARTS) is 2. The van der Waals surface area contributed by atoms with Crippen molar-refractivity contribution in [3.63, 3.8) is 0 Å². The summed E-state index contributed by atoms with van der Waals surface area (Å²) < 4.78 is 63.7. The second kappa shape index (κ2) is 17.9. The summed E-state index contributed by atoms with van der Waals surface area (Å²) in [5.41, 5.74) is -2.49. The van der Waals surface area contributed by atoms with Gasteiger partial charge in [-0.15, -0.1) is 0 Å². The zero-order chi connectivity index (χ0) is 39.1. The zero-order valence-corrected chi connectivity index (χ0v) is 33.7. The van der Waals surface area contributed by atoms with Crippen LogP contribution in [0.1, 0.15) is 95.8 Å². The fourth-order valence-electron chi connectivity index (χ4n) is 6.86. The quantitative estimate of drug-likeness (QED) is 0.136. The summed E-state index contributed by atoms with van der Waals surface area (Å²) >= 11 is 0. The van der Waals surface area contributed by atoms with E-state index in [4.69, 9.17) is 26.6 Å². The lowest BCUT2D eigenvalue weighted by Crippen LogP contribution is -3.27. The van der Waals surface area contributed by atoms with E-state index in [0.717, 1.165) is 36.4 Å². The van der Waals surface area contributed by atoms with Crippen molar-refractivity contribution in [3.8, 4) is 0 Å². The van der Waals surface area contributed by atoms with Crippen molar-refractivity contribution in [1.29, 1.82) is 0 Å². The molecule has 2 saturated heterocycles. The molecule has 4 unspecified atom stereocenters. The molecule has 2 aromatic rings. The molecule has 2 heterocycles. The number of aromatic carboxylic acids is 2. The molecule has 16 nitrogen and oxygen atoms in total. The first-order valence-electron chi connectivity index (χ1n) is 17.9. The third-order valence-corrected chi connectivity index (χ3v) is 18.2. The highest BCUT2D eigenvalue weighted by Crippen LogP contribution is 2.27. The number of carboxylic acids is 2. The van der Waals surface area contributed by atoms with Crippen molar-refractivity contribution in [3.05, 3.63) is 58.7 Å². The Bertz CT molecular complexity index is 1640. The van der Waals surface area contributed by atoms with Gasteiger partial charge >= 0.3 is 41.4 Å². The Balaban J connectivity index is 1.67. The van der Waals surface area contributed by atoms with Crippen molar-refractivity contribution < 1.29 is 74.2 Å². The fourth-order valence-corrected chi connectivity index (χ4v) is 14.7. The molecule has 0 saturated carbocycles. The van der Waals surface area contributed by atoms with E-state index in [1.807, 2.05) is 0 Å². The second-order valence-electron chi connectivity index (χ2n) is 12.2. The van der Waals surface area contributed by atoms with Gasteiger partial charge in [0.25, 0.3) is 0 Å². The molecule has 0 spiro atoms. The number of amides is 2. The van der Waals surface area contributed by atoms with Crippen LogP contribution in [-0.2, 0) is 36.4 Å². The van der Waals surface area contributed by atoms with Gasteiger partial charge in [0, 0.05) is 39.6 Å². The average Bonchev–Trinajstić information content (AvgIpc) is 3.07. The number of sulfone groups is 1. The predicted octanol–water partition coefficient (Wildman–Crippen LogP) is 0.686. The average molecular weight is 799 g/mol. The fraction of sp³-hybridized carbons (Fsp3) is 0.529. The van der Waals surface area contributed by atoms with Gasteiger partial charge in [-0.25, -0.2) is 27.6 Å². The van der Waals surface area contributed by atoms with Crippen LogP contribution in [0.5, 0.6) is 0 Å². The van der Waals surface area contributed by atoms with Gasteiger partial charge in [-0.3, -0.25) is 9.80 Å². The van der Waals surface area contributed by atoms with Gasteiger partial charge in [0.2, 0.25) is 9.84 Å². The van der Waals surface area contributed by atoms with Crippen LogP contribution in [0.4, 0.5) is 0 Å². The summed E-state index contributed by atoms with van der Waals surface area (Å²) in [6, 6.07) is 6.25. The Morgan fingerprint density at radius 2 is 0.887 bits per heavy atom. The van der Waals surface area contributed by atoms with Gasteiger partial charge in [-0.1, -0.05) is 0 Å². The highest BCUT2D eigenvalue weighted by Gasteiger charge is 2.63. The zero-order valence-electron chi connectivity index (χ0n) is 30.9. The van der Waals surface area contributed by atoms with Crippen molar-refractivity contribution in [2.24, 2.45) is 0 Å². The van der Waals surface area contributed by atoms with Gasteiger partial charge < -0.3 is 36.8 Å². The highest BCUT2D eigenvalue weighted by atomic mass is 32.2. The molecule has 4 atom stereocenters. The van der Waals surface area contributed by atoms with Crippen molar-refractivity contribution in [2.75, 3.05) is 52.7 Å². The normalized spacial score (nSPS) is 20.3. The molecule has 2 aromatic carbocycles. The van der Waals surface area contributed by atoms with Crippen LogP contribution in [0.15, 0.2) is 46.2 Å². The molecule has 2 fully saturated rings. The van der Waals surface area contributed by atoms with Gasteiger partial charge in [-0.05, 0) is 77.9 Å². The van der Waals surface area contributed by atoms with E-state index in [1.165, 1.54) is 0 Å². The number of benzene rings is 2. The Morgan fingerprint density at radius 3 is 1.11 bits per heavy atom. The third kappa shape index (κ3) is 8.39. The molecular weight excluding hydrogens is 749 g/mol. The van der Waals surface area contributed by atoms with Gasteiger partial charge in [0.15, 0.2) is 11.3 Å². The SMILES string of the molecule is CCO[Si](OCC)(OCC)C1CC[NH+]1C(=O)c1ccc(S(=O)(=O)c2ccc(C(=O)[NH+]3CCC3[Si](OCC)(OCC)OCC)c(C(=O)O)c2)cc1C(=O)O. The number of likely N-dealkylation sites (tertiary alicyclic amines) is 2. The van der Waals surface area contributed by atoms with Crippen molar-refractivity contribution in [2.45, 2.75) is 75.5 Å². The molecule has 0 radical (unpaired) electrons. The smallest absolute Gasteiger partial charge is 0.478 e. The minimum absolute atomic E-state index is 0.214. The van der Waals surface area contributed by atoms with Crippen LogP contribution in [0.25, 0.3) is 0 Å². The first kappa shape index (κ1) is 42.5. The largest absolute Gasteiger partial charge is 0.563 e. The number of carbonyl (C=O) groups excluding carboxylic acids is 2. The number of hydrogen-bond donors (Lipinski definition) is 4. The minimum atomic E-state index is -4.54. The van der Waals surface area contributed by atoms with E-state index in [0.29, 0.717) is 35.7 Å². The Kier molecular flexibility index (Phi) is 14.4. The maximum absolute atomic E-state index is 13.9. The molecule has 53 heavy (non-hydrogen) atoms. The number of rotatable bonds is 20. The van der Waals surface area contributed by atoms with Crippen LogP contribution < -0.4 is 9.80 Å². The van der Waals surface area contributed by atoms with Crippen molar-refractivity contribution >= 4 is 51.2 Å². The topological polar surface area (TPSA) is 207 Å². The van der Waals surface area contributed by atoms with E-state index in [2.05, 4.69) is 0 Å². The summed E-state index contributed by atoms with van der Waals surface area (Å²) in [6.45, 7) is 13.2. The number of hydrogen-bond acceptors (Lipinski definition) is 12. The molecule has 292 valence electrons.